The highest BCUT2D eigenvalue weighted by atomic mass is 32.2. The van der Waals surface area contributed by atoms with Crippen molar-refractivity contribution in [1.82, 2.24) is 90.4 Å². The third-order valence-electron chi connectivity index (χ3n) is 20.8. The van der Waals surface area contributed by atoms with E-state index in [2.05, 4.69) is 90.4 Å². The predicted octanol–water partition coefficient (Wildman–Crippen LogP) is -7.16. The number of nitrogens with two attached hydrogens (primary N) is 7. The summed E-state index contributed by atoms with van der Waals surface area (Å²) in [6.07, 6.45) is -4.21. The summed E-state index contributed by atoms with van der Waals surface area (Å²) in [6.45, 7) is 15.9. The molecule has 17 amide bonds. The number of aromatic hydroxyl groups is 1. The van der Waals surface area contributed by atoms with Crippen molar-refractivity contribution in [1.29, 1.82) is 0 Å². The zero-order chi connectivity index (χ0) is 104. The van der Waals surface area contributed by atoms with Crippen LogP contribution in [0.15, 0.2) is 24.3 Å². The molecule has 1 rings (SSSR count). The molecule has 0 radical (unpaired) electrons. The molecular formula is C84H144N24O26S2. The van der Waals surface area contributed by atoms with Crippen LogP contribution in [-0.4, -0.2) is 296 Å². The van der Waals surface area contributed by atoms with Crippen molar-refractivity contribution < 1.29 is 126 Å². The van der Waals surface area contributed by atoms with Crippen LogP contribution in [0.2, 0.25) is 0 Å². The van der Waals surface area contributed by atoms with E-state index >= 15 is 0 Å². The number of phenolic OH excluding ortho intramolecular Hbond substituents is 1. The Kier molecular flexibility index (Phi) is 57.9. The van der Waals surface area contributed by atoms with Crippen LogP contribution in [0.5, 0.6) is 5.75 Å². The number of carbonyl (C=O) groups excluding carboxylic acids is 17. The highest BCUT2D eigenvalue weighted by Crippen LogP contribution is 2.19. The van der Waals surface area contributed by atoms with Gasteiger partial charge in [0, 0.05) is 25.7 Å². The van der Waals surface area contributed by atoms with Crippen molar-refractivity contribution in [3.8, 4) is 5.75 Å². The van der Waals surface area contributed by atoms with E-state index in [1.165, 1.54) is 47.8 Å². The van der Waals surface area contributed by atoms with E-state index in [0.717, 1.165) is 13.8 Å². The van der Waals surface area contributed by atoms with E-state index < -0.39 is 309 Å². The second-order valence-electron chi connectivity index (χ2n) is 34.2. The molecule has 17 atom stereocenters. The van der Waals surface area contributed by atoms with Gasteiger partial charge in [0.25, 0.3) is 0 Å². The molecule has 0 aromatic heterocycles. The average molecular weight is 1970 g/mol. The Hall–Kier alpha value is -11.7. The van der Waals surface area contributed by atoms with Crippen LogP contribution in [0.3, 0.4) is 0 Å². The SMILES string of the molecule is CC[C@H](C)[C@H](NC(=O)[C@H](CC(N)=O)NC(=O)[C@H](CCSC)NC(=O)[C@@H](N)CCCNC(N)N)C(=O)N[C@@H](CCC(N)=O)C(=O)N[C@@H](CCSC)C(=O)N[C@@H](CC(C)C)C(=O)N[C@@H](CC(C)C)C(=O)N[C@@H](CCC(=O)O)C(=O)N[C@@H](C)C(=O)N[C@@H](C)C(=O)N[C@@H](CC(=O)O)C(=O)N[C@@H](Cc1ccc(O)cc1)C(=O)N[C@@H](CC(C)C)C(=O)N[C@@H](CCC(=O)O)C(=O)N[C@@H](CCCNC(N)N)C(=O)O. The second-order valence-corrected chi connectivity index (χ2v) is 36.2. The first-order chi connectivity index (χ1) is 63.6. The van der Waals surface area contributed by atoms with E-state index in [-0.39, 0.29) is 87.3 Å². The average Bonchev–Trinajstić information content (AvgIpc) is 0.843. The number of carboxylic acid groups (broad SMARTS) is 4. The number of aliphatic carboxylic acids is 4. The number of carbonyl (C=O) groups is 21. The molecule has 36 N–H and O–H groups in total. The number of phenols is 1. The van der Waals surface area contributed by atoms with E-state index in [0.29, 0.717) is 18.7 Å². The fourth-order valence-electron chi connectivity index (χ4n) is 13.2. The standard InChI is InChI=1S/C84H144N24O26S2/c1-13-43(8)66(108-80(131)59(38-62(87)111)107-73(124)52(28-32-135-11)96-69(120)48(85)16-14-30-92-83(88)89)81(132)100-49(22-25-61(86)110)71(122)99-53(29-33-136-12)74(125)103-57(36-42(6)7)77(128)104-55(34-40(2)3)75(126)97-50(23-26-63(112)113)70(121)95-44(9)67(118)94-45(10)68(119)102-60(39-65(116)117)79(130)106-58(37-46-18-20-47(109)21-19-46)78(129)105-56(35-41(4)5)76(127)98-51(24-27-64(114)115)72(123)101-54(82(133)134)17-15-31-93-84(90)91/h18-21,40-45,48-60,66,83-84,92-93,109H,13-17,22-39,85,88-91H2,1-12H3,(H2,86,110)(H2,87,111)(H,94,118)(H,95,121)(H,96,120)(H,97,126)(H,98,127)(H,99,122)(H,100,132)(H,101,123)(H,102,119)(H,103,125)(H,104,128)(H,105,129)(H,106,130)(H,107,124)(H,108,131)(H,112,113)(H,114,115)(H,116,117)(H,133,134)/t43-,44-,45-,48-,49-,50-,51-,52-,53-,54-,55-,56-,57-,58-,59-,60-,66-/m0/s1. The molecule has 0 unspecified atom stereocenters. The van der Waals surface area contributed by atoms with Gasteiger partial charge in [0.05, 0.1) is 18.9 Å². The van der Waals surface area contributed by atoms with Gasteiger partial charge in [0.15, 0.2) is 0 Å². The number of hydrogen-bond acceptors (Lipinski definition) is 31. The molecule has 0 aliphatic carbocycles. The number of nitrogens with one attached hydrogen (secondary N) is 17. The first-order valence-electron chi connectivity index (χ1n) is 44.6. The fourth-order valence-corrected chi connectivity index (χ4v) is 14.1. The molecular weight excluding hydrogens is 1830 g/mol. The van der Waals surface area contributed by atoms with Crippen LogP contribution in [0, 0.1) is 23.7 Å². The number of thioether (sulfide) groups is 2. The molecule has 52 heteroatoms. The minimum atomic E-state index is -2.05. The Morgan fingerprint density at radius 2 is 0.647 bits per heavy atom. The maximum absolute atomic E-state index is 14.6. The van der Waals surface area contributed by atoms with E-state index in [1.807, 2.05) is 0 Å². The summed E-state index contributed by atoms with van der Waals surface area (Å²) in [5.41, 5.74) is 39.5. The minimum absolute atomic E-state index is 0.0405. The van der Waals surface area contributed by atoms with E-state index in [4.69, 9.17) is 40.1 Å². The fraction of sp³-hybridized carbons (Fsp3) is 0.679. The molecule has 1 aromatic carbocycles. The van der Waals surface area contributed by atoms with Gasteiger partial charge in [-0.15, -0.1) is 0 Å². The number of amides is 17. The van der Waals surface area contributed by atoms with Crippen LogP contribution in [0.1, 0.15) is 190 Å². The third kappa shape index (κ3) is 50.2. The molecule has 50 nitrogen and oxygen atoms in total. The Bertz CT molecular complexity index is 4160. The van der Waals surface area contributed by atoms with Crippen LogP contribution in [0.25, 0.3) is 0 Å². The van der Waals surface area contributed by atoms with E-state index in [1.54, 1.807) is 67.9 Å². The summed E-state index contributed by atoms with van der Waals surface area (Å²) in [6, 6.07) is -20.4. The maximum atomic E-state index is 14.6. The van der Waals surface area contributed by atoms with Crippen molar-refractivity contribution in [2.75, 3.05) is 37.1 Å². The van der Waals surface area contributed by atoms with Crippen molar-refractivity contribution in [3.05, 3.63) is 29.8 Å². The maximum Gasteiger partial charge on any atom is 0.326 e. The van der Waals surface area contributed by atoms with Gasteiger partial charge in [0.1, 0.15) is 109 Å². The van der Waals surface area contributed by atoms with Crippen LogP contribution < -0.4 is 131 Å². The van der Waals surface area contributed by atoms with E-state index in [9.17, 15) is 126 Å². The number of hydrogen-bond donors (Lipinski definition) is 29. The number of benzene rings is 1. The number of rotatable bonds is 70. The zero-order valence-corrected chi connectivity index (χ0v) is 80.6. The van der Waals surface area contributed by atoms with Crippen LogP contribution in [0.4, 0.5) is 0 Å². The summed E-state index contributed by atoms with van der Waals surface area (Å²) in [5.74, 6) is -25.5. The lowest BCUT2D eigenvalue weighted by atomic mass is 9.96. The van der Waals surface area contributed by atoms with Crippen molar-refractivity contribution >= 4 is 148 Å². The molecule has 0 bridgehead atoms. The second kappa shape index (κ2) is 64.4. The highest BCUT2D eigenvalue weighted by molar-refractivity contribution is 7.98. The molecule has 1 aromatic rings. The molecule has 768 valence electrons. The molecule has 0 heterocycles. The monoisotopic (exact) mass is 1970 g/mol. The van der Waals surface area contributed by atoms with Crippen LogP contribution >= 0.6 is 23.5 Å². The molecule has 0 spiro atoms. The van der Waals surface area contributed by atoms with Crippen molar-refractivity contribution in [2.45, 2.75) is 300 Å². The van der Waals surface area contributed by atoms with Crippen molar-refractivity contribution in [3.63, 3.8) is 0 Å². The number of primary amides is 2. The molecule has 0 saturated carbocycles. The van der Waals surface area contributed by atoms with Crippen LogP contribution in [-0.2, 0) is 107 Å². The summed E-state index contributed by atoms with van der Waals surface area (Å²) >= 11 is 2.58. The van der Waals surface area contributed by atoms with Gasteiger partial charge < -0.3 is 145 Å². The Labute approximate surface area is 797 Å². The highest BCUT2D eigenvalue weighted by Gasteiger charge is 2.41. The third-order valence-corrected chi connectivity index (χ3v) is 22.1. The quantitative estimate of drug-likeness (QED) is 0.0213. The first kappa shape index (κ1) is 122. The summed E-state index contributed by atoms with van der Waals surface area (Å²) in [7, 11) is 0. The Balaban J connectivity index is 3.64. The molecule has 136 heavy (non-hydrogen) atoms. The van der Waals surface area contributed by atoms with Gasteiger partial charge in [-0.05, 0) is 169 Å². The normalized spacial score (nSPS) is 15.1. The van der Waals surface area contributed by atoms with Gasteiger partial charge in [-0.3, -0.25) is 107 Å². The van der Waals surface area contributed by atoms with Gasteiger partial charge in [-0.25, -0.2) is 4.79 Å². The predicted molar refractivity (Wildman–Crippen MR) is 499 cm³/mol. The zero-order valence-electron chi connectivity index (χ0n) is 78.9. The largest absolute Gasteiger partial charge is 0.508 e. The summed E-state index contributed by atoms with van der Waals surface area (Å²) < 4.78 is 0. The molecule has 0 saturated heterocycles. The van der Waals surface area contributed by atoms with Crippen molar-refractivity contribution in [2.24, 2.45) is 63.8 Å². The first-order valence-corrected chi connectivity index (χ1v) is 47.4. The summed E-state index contributed by atoms with van der Waals surface area (Å²) in [4.78, 5) is 286. The van der Waals surface area contributed by atoms with Gasteiger partial charge in [-0.2, -0.15) is 23.5 Å². The van der Waals surface area contributed by atoms with Gasteiger partial charge in [0.2, 0.25) is 100 Å². The smallest absolute Gasteiger partial charge is 0.326 e. The minimum Gasteiger partial charge on any atom is -0.508 e. The summed E-state index contributed by atoms with van der Waals surface area (Å²) in [5, 5.41) is 91.5. The molecule has 0 fully saturated rings. The topological polar surface area (TPSA) is 846 Å². The lowest BCUT2D eigenvalue weighted by molar-refractivity contribution is -0.143. The van der Waals surface area contributed by atoms with Gasteiger partial charge in [-0.1, -0.05) is 73.9 Å². The molecule has 0 aliphatic heterocycles. The van der Waals surface area contributed by atoms with Gasteiger partial charge >= 0.3 is 23.9 Å². The Morgan fingerprint density at radius 1 is 0.331 bits per heavy atom. The lowest BCUT2D eigenvalue weighted by Gasteiger charge is -2.30. The number of carboxylic acids is 4. The molecule has 0 aliphatic rings. The lowest BCUT2D eigenvalue weighted by Crippen LogP contribution is -2.61. The Morgan fingerprint density at radius 3 is 1.03 bits per heavy atom.